The van der Waals surface area contributed by atoms with Gasteiger partial charge < -0.3 is 20.0 Å². The van der Waals surface area contributed by atoms with Crippen molar-refractivity contribution < 1.29 is 19.4 Å². The lowest BCUT2D eigenvalue weighted by Gasteiger charge is -2.17. The summed E-state index contributed by atoms with van der Waals surface area (Å²) in [6, 6.07) is 11.6. The van der Waals surface area contributed by atoms with Gasteiger partial charge >= 0.3 is 5.97 Å². The van der Waals surface area contributed by atoms with Crippen LogP contribution in [-0.2, 0) is 4.74 Å². The van der Waals surface area contributed by atoms with Crippen molar-refractivity contribution >= 4 is 11.7 Å². The van der Waals surface area contributed by atoms with Gasteiger partial charge in [-0.15, -0.1) is 0 Å². The lowest BCUT2D eigenvalue weighted by molar-refractivity contribution is -0.0389. The number of rotatable bonds is 3. The number of fused-ring (bicyclic) bond motifs is 1. The molecule has 0 fully saturated rings. The zero-order valence-electron chi connectivity index (χ0n) is 10.4. The molecule has 0 saturated carbocycles. The van der Waals surface area contributed by atoms with E-state index in [1.54, 1.807) is 36.4 Å². The molecule has 0 aromatic heterocycles. The third kappa shape index (κ3) is 1.92. The number of anilines is 1. The number of carbonyl (C=O) groups excluding carboxylic acids is 1. The SMILES string of the molecule is NNc1cccc(O)c1OC1OC(=O)c2ccccc21. The molecule has 1 aliphatic rings. The molecule has 3 rings (SSSR count). The summed E-state index contributed by atoms with van der Waals surface area (Å²) in [5, 5.41) is 9.84. The van der Waals surface area contributed by atoms with Crippen LogP contribution in [0.4, 0.5) is 5.69 Å². The fourth-order valence-electron chi connectivity index (χ4n) is 2.07. The number of aromatic hydroxyl groups is 1. The molecule has 1 unspecified atom stereocenters. The third-order valence-corrected chi connectivity index (χ3v) is 3.02. The number of esters is 1. The number of hydrazine groups is 1. The van der Waals surface area contributed by atoms with Gasteiger partial charge in [0.1, 0.15) is 0 Å². The predicted octanol–water partition coefficient (Wildman–Crippen LogP) is 1.93. The number of phenols is 1. The second-order valence-electron chi connectivity index (χ2n) is 4.24. The number of ether oxygens (including phenoxy) is 2. The molecule has 2 aromatic carbocycles. The minimum Gasteiger partial charge on any atom is -0.504 e. The van der Waals surface area contributed by atoms with Crippen molar-refractivity contribution in [2.45, 2.75) is 6.29 Å². The zero-order chi connectivity index (χ0) is 14.1. The van der Waals surface area contributed by atoms with Gasteiger partial charge in [-0.3, -0.25) is 5.84 Å². The number of cyclic esters (lactones) is 1. The molecule has 0 aliphatic carbocycles. The van der Waals surface area contributed by atoms with Gasteiger partial charge in [-0.2, -0.15) is 0 Å². The lowest BCUT2D eigenvalue weighted by Crippen LogP contribution is -2.12. The molecule has 102 valence electrons. The molecule has 0 bridgehead atoms. The van der Waals surface area contributed by atoms with E-state index in [9.17, 15) is 9.90 Å². The summed E-state index contributed by atoms with van der Waals surface area (Å²) in [6.45, 7) is 0. The van der Waals surface area contributed by atoms with Gasteiger partial charge in [0.15, 0.2) is 11.5 Å². The quantitative estimate of drug-likeness (QED) is 0.449. The maximum Gasteiger partial charge on any atom is 0.342 e. The van der Waals surface area contributed by atoms with Crippen LogP contribution in [0.25, 0.3) is 0 Å². The van der Waals surface area contributed by atoms with Crippen LogP contribution in [0.1, 0.15) is 22.2 Å². The van der Waals surface area contributed by atoms with Crippen molar-refractivity contribution in [3.8, 4) is 11.5 Å². The molecule has 1 heterocycles. The minimum atomic E-state index is -0.904. The first kappa shape index (κ1) is 12.3. The number of benzene rings is 2. The summed E-state index contributed by atoms with van der Waals surface area (Å²) in [5.41, 5.74) is 3.88. The Morgan fingerprint density at radius 3 is 2.80 bits per heavy atom. The molecule has 0 radical (unpaired) electrons. The molecule has 2 aromatic rings. The standard InChI is InChI=1S/C14H12N2O4/c15-16-10-6-3-7-11(17)12(10)19-14-9-5-2-1-4-8(9)13(18)20-14/h1-7,14,16-17H,15H2. The van der Waals surface area contributed by atoms with E-state index in [4.69, 9.17) is 15.3 Å². The van der Waals surface area contributed by atoms with Crippen LogP contribution >= 0.6 is 0 Å². The lowest BCUT2D eigenvalue weighted by atomic mass is 10.1. The highest BCUT2D eigenvalue weighted by atomic mass is 16.7. The Bertz CT molecular complexity index is 672. The normalized spacial score (nSPS) is 16.4. The van der Waals surface area contributed by atoms with Crippen molar-refractivity contribution in [2.24, 2.45) is 5.84 Å². The van der Waals surface area contributed by atoms with Crippen LogP contribution < -0.4 is 16.0 Å². The smallest absolute Gasteiger partial charge is 0.342 e. The highest BCUT2D eigenvalue weighted by Crippen LogP contribution is 2.40. The molecular weight excluding hydrogens is 260 g/mol. The Kier molecular flexibility index (Phi) is 2.92. The molecule has 0 saturated heterocycles. The fourth-order valence-corrected chi connectivity index (χ4v) is 2.07. The van der Waals surface area contributed by atoms with Crippen molar-refractivity contribution in [3.63, 3.8) is 0 Å². The minimum absolute atomic E-state index is 0.0964. The maximum atomic E-state index is 11.7. The monoisotopic (exact) mass is 272 g/mol. The van der Waals surface area contributed by atoms with Gasteiger partial charge in [0, 0.05) is 5.56 Å². The van der Waals surface area contributed by atoms with E-state index in [0.29, 0.717) is 16.8 Å². The summed E-state index contributed by atoms with van der Waals surface area (Å²) >= 11 is 0. The van der Waals surface area contributed by atoms with E-state index in [2.05, 4.69) is 5.43 Å². The van der Waals surface area contributed by atoms with Crippen LogP contribution in [0, 0.1) is 0 Å². The van der Waals surface area contributed by atoms with Crippen LogP contribution in [0.5, 0.6) is 11.5 Å². The molecule has 6 heteroatoms. The van der Waals surface area contributed by atoms with E-state index in [0.717, 1.165) is 0 Å². The first-order valence-corrected chi connectivity index (χ1v) is 5.96. The highest BCUT2D eigenvalue weighted by Gasteiger charge is 2.33. The topological polar surface area (TPSA) is 93.8 Å². The Labute approximate surface area is 114 Å². The molecule has 1 aliphatic heterocycles. The summed E-state index contributed by atoms with van der Waals surface area (Å²) in [6.07, 6.45) is -0.904. The van der Waals surface area contributed by atoms with E-state index >= 15 is 0 Å². The van der Waals surface area contributed by atoms with E-state index in [-0.39, 0.29) is 11.5 Å². The number of carbonyl (C=O) groups is 1. The number of hydrogen-bond donors (Lipinski definition) is 3. The average Bonchev–Trinajstić information content (AvgIpc) is 2.78. The van der Waals surface area contributed by atoms with E-state index in [1.165, 1.54) is 6.07 Å². The molecule has 20 heavy (non-hydrogen) atoms. The van der Waals surface area contributed by atoms with Crippen molar-refractivity contribution in [1.29, 1.82) is 0 Å². The van der Waals surface area contributed by atoms with Gasteiger partial charge in [-0.05, 0) is 18.2 Å². The molecule has 4 N–H and O–H groups in total. The zero-order valence-corrected chi connectivity index (χ0v) is 10.4. The molecule has 0 spiro atoms. The fraction of sp³-hybridized carbons (Fsp3) is 0.0714. The number of phenolic OH excluding ortho intramolecular Hbond substituents is 1. The van der Waals surface area contributed by atoms with Gasteiger partial charge in [-0.25, -0.2) is 4.79 Å². The Balaban J connectivity index is 1.96. The molecule has 0 amide bonds. The first-order valence-electron chi connectivity index (χ1n) is 5.96. The number of nitrogens with two attached hydrogens (primary N) is 1. The number of para-hydroxylation sites is 1. The van der Waals surface area contributed by atoms with Crippen molar-refractivity contribution in [1.82, 2.24) is 0 Å². The summed E-state index contributed by atoms with van der Waals surface area (Å²) in [7, 11) is 0. The number of nitrogen functional groups attached to an aromatic ring is 1. The Morgan fingerprint density at radius 1 is 1.20 bits per heavy atom. The van der Waals surface area contributed by atoms with Gasteiger partial charge in [0.2, 0.25) is 0 Å². The van der Waals surface area contributed by atoms with Crippen molar-refractivity contribution in [2.75, 3.05) is 5.43 Å². The van der Waals surface area contributed by atoms with Crippen LogP contribution in [-0.4, -0.2) is 11.1 Å². The van der Waals surface area contributed by atoms with Gasteiger partial charge in [0.25, 0.3) is 6.29 Å². The van der Waals surface area contributed by atoms with Crippen LogP contribution in [0.3, 0.4) is 0 Å². The highest BCUT2D eigenvalue weighted by molar-refractivity contribution is 5.93. The van der Waals surface area contributed by atoms with Gasteiger partial charge in [0.05, 0.1) is 11.3 Å². The molecule has 1 atom stereocenters. The number of hydrogen-bond acceptors (Lipinski definition) is 6. The second-order valence-corrected chi connectivity index (χ2v) is 4.24. The van der Waals surface area contributed by atoms with Crippen LogP contribution in [0.2, 0.25) is 0 Å². The Morgan fingerprint density at radius 2 is 2.00 bits per heavy atom. The molecular formula is C14H12N2O4. The van der Waals surface area contributed by atoms with Crippen LogP contribution in [0.15, 0.2) is 42.5 Å². The summed E-state index contributed by atoms with van der Waals surface area (Å²) in [4.78, 5) is 11.7. The average molecular weight is 272 g/mol. The maximum absolute atomic E-state index is 11.7. The number of nitrogens with one attached hydrogen (secondary N) is 1. The molecule has 6 nitrogen and oxygen atoms in total. The van der Waals surface area contributed by atoms with Crippen molar-refractivity contribution in [3.05, 3.63) is 53.6 Å². The summed E-state index contributed by atoms with van der Waals surface area (Å²) in [5.74, 6) is 4.94. The van der Waals surface area contributed by atoms with E-state index < -0.39 is 12.3 Å². The second kappa shape index (κ2) is 4.75. The largest absolute Gasteiger partial charge is 0.504 e. The third-order valence-electron chi connectivity index (χ3n) is 3.02. The summed E-state index contributed by atoms with van der Waals surface area (Å²) < 4.78 is 10.7. The van der Waals surface area contributed by atoms with E-state index in [1.807, 2.05) is 0 Å². The Hall–Kier alpha value is -2.73. The van der Waals surface area contributed by atoms with Gasteiger partial charge in [-0.1, -0.05) is 24.3 Å². The predicted molar refractivity (Wildman–Crippen MR) is 71.1 cm³/mol. The first-order chi connectivity index (χ1) is 9.70.